The number of nitrogens with one attached hydrogen (secondary N) is 2. The molecular weight excluding hydrogens is 388 g/mol. The summed E-state index contributed by atoms with van der Waals surface area (Å²) in [4.78, 5) is 2.27. The molecule has 3 aromatic rings. The fourth-order valence-electron chi connectivity index (χ4n) is 5.55. The highest BCUT2D eigenvalue weighted by Gasteiger charge is 2.49. The first kappa shape index (κ1) is 20.0. The minimum atomic E-state index is 0.188. The van der Waals surface area contributed by atoms with Crippen LogP contribution in [0.15, 0.2) is 36.7 Å². The van der Waals surface area contributed by atoms with Crippen LogP contribution in [0.25, 0.3) is 22.4 Å². The number of aromatic nitrogens is 4. The van der Waals surface area contributed by atoms with Crippen molar-refractivity contribution in [1.82, 2.24) is 25.7 Å². The molecule has 2 bridgehead atoms. The van der Waals surface area contributed by atoms with Crippen LogP contribution in [0.2, 0.25) is 0 Å². The molecule has 2 unspecified atom stereocenters. The molecule has 1 aromatic carbocycles. The van der Waals surface area contributed by atoms with Gasteiger partial charge in [-0.3, -0.25) is 5.10 Å². The van der Waals surface area contributed by atoms with Crippen LogP contribution < -0.4 is 10.2 Å². The van der Waals surface area contributed by atoms with Gasteiger partial charge in [-0.15, -0.1) is 10.2 Å². The zero-order valence-corrected chi connectivity index (χ0v) is 18.6. The van der Waals surface area contributed by atoms with Crippen LogP contribution in [0.1, 0.15) is 45.1 Å². The lowest BCUT2D eigenvalue weighted by Crippen LogP contribution is -2.58. The Balaban J connectivity index is 1.39. The number of fused-ring (bicyclic) bond motifs is 2. The second-order valence-electron chi connectivity index (χ2n) is 9.87. The van der Waals surface area contributed by atoms with Crippen LogP contribution in [-0.4, -0.2) is 49.7 Å². The largest absolute Gasteiger partial charge is 0.507 e. The molecular formula is C24H30N6O. The number of hydrogen-bond donors (Lipinski definition) is 3. The monoisotopic (exact) mass is 418 g/mol. The number of aryl methyl sites for hydroxylation is 1. The number of H-pyrrole nitrogens is 1. The molecule has 5 rings (SSSR count). The van der Waals surface area contributed by atoms with Crippen molar-refractivity contribution in [2.45, 2.75) is 63.6 Å². The molecule has 0 saturated carbocycles. The van der Waals surface area contributed by atoms with Gasteiger partial charge in [0.2, 0.25) is 0 Å². The van der Waals surface area contributed by atoms with Gasteiger partial charge in [-0.1, -0.05) is 0 Å². The van der Waals surface area contributed by atoms with Gasteiger partial charge in [0.1, 0.15) is 5.75 Å². The second-order valence-corrected chi connectivity index (χ2v) is 9.87. The van der Waals surface area contributed by atoms with Gasteiger partial charge in [0.05, 0.1) is 11.9 Å². The zero-order chi connectivity index (χ0) is 21.8. The van der Waals surface area contributed by atoms with E-state index in [0.717, 1.165) is 35.3 Å². The Labute approximate surface area is 182 Å². The topological polar surface area (TPSA) is 90.0 Å². The van der Waals surface area contributed by atoms with Crippen LogP contribution in [-0.2, 0) is 0 Å². The average Bonchev–Trinajstić information content (AvgIpc) is 3.34. The Morgan fingerprint density at radius 3 is 2.42 bits per heavy atom. The highest BCUT2D eigenvalue weighted by molar-refractivity contribution is 5.76. The first-order valence-corrected chi connectivity index (χ1v) is 10.9. The van der Waals surface area contributed by atoms with Crippen molar-refractivity contribution in [3.05, 3.63) is 42.2 Å². The van der Waals surface area contributed by atoms with E-state index in [1.807, 2.05) is 31.3 Å². The molecule has 3 N–H and O–H groups in total. The van der Waals surface area contributed by atoms with Crippen molar-refractivity contribution < 1.29 is 5.11 Å². The lowest BCUT2D eigenvalue weighted by atomic mass is 9.84. The van der Waals surface area contributed by atoms with E-state index in [-0.39, 0.29) is 16.8 Å². The molecule has 31 heavy (non-hydrogen) atoms. The Hall–Kier alpha value is -2.93. The SMILES string of the molecule is Cc1cc(-c2ccc(N(C)C3CC4(C)CC[C@](C)(C3)N4)nn2)c(O)cc1-c1cn[nH]c1. The minimum absolute atomic E-state index is 0.188. The van der Waals surface area contributed by atoms with Crippen molar-refractivity contribution in [3.63, 3.8) is 0 Å². The summed E-state index contributed by atoms with van der Waals surface area (Å²) >= 11 is 0. The van der Waals surface area contributed by atoms with Crippen molar-refractivity contribution in [2.24, 2.45) is 0 Å². The highest BCUT2D eigenvalue weighted by Crippen LogP contribution is 2.44. The zero-order valence-electron chi connectivity index (χ0n) is 18.6. The summed E-state index contributed by atoms with van der Waals surface area (Å²) in [6.45, 7) is 6.70. The van der Waals surface area contributed by atoms with Gasteiger partial charge in [0, 0.05) is 41.5 Å². The summed E-state index contributed by atoms with van der Waals surface area (Å²) in [7, 11) is 2.12. The predicted octanol–water partition coefficient (Wildman–Crippen LogP) is 4.05. The number of rotatable bonds is 4. The lowest BCUT2D eigenvalue weighted by Gasteiger charge is -2.45. The molecule has 2 aliphatic heterocycles. The van der Waals surface area contributed by atoms with Crippen LogP contribution in [0, 0.1) is 6.92 Å². The van der Waals surface area contributed by atoms with Crippen LogP contribution in [0.3, 0.4) is 0 Å². The van der Waals surface area contributed by atoms with E-state index in [0.29, 0.717) is 17.3 Å². The number of phenolic OH excluding ortho intramolecular Hbond substituents is 1. The van der Waals surface area contributed by atoms with Crippen LogP contribution in [0.4, 0.5) is 5.82 Å². The Kier molecular flexibility index (Phi) is 4.55. The maximum Gasteiger partial charge on any atom is 0.151 e. The van der Waals surface area contributed by atoms with E-state index < -0.39 is 0 Å². The molecule has 3 atom stereocenters. The molecule has 2 saturated heterocycles. The molecule has 4 heterocycles. The van der Waals surface area contributed by atoms with E-state index in [9.17, 15) is 5.11 Å². The number of nitrogens with zero attached hydrogens (tertiary/aromatic N) is 4. The number of piperidine rings is 1. The highest BCUT2D eigenvalue weighted by atomic mass is 16.3. The maximum atomic E-state index is 10.7. The first-order chi connectivity index (χ1) is 14.8. The van der Waals surface area contributed by atoms with E-state index in [4.69, 9.17) is 0 Å². The molecule has 2 aliphatic rings. The van der Waals surface area contributed by atoms with Gasteiger partial charge in [-0.2, -0.15) is 5.10 Å². The molecule has 0 amide bonds. The third-order valence-corrected chi connectivity index (χ3v) is 7.19. The Bertz CT molecular complexity index is 1080. The van der Waals surface area contributed by atoms with Crippen molar-refractivity contribution >= 4 is 5.82 Å². The summed E-state index contributed by atoms with van der Waals surface area (Å²) in [6.07, 6.45) is 8.24. The molecule has 0 aliphatic carbocycles. The third kappa shape index (κ3) is 3.57. The van der Waals surface area contributed by atoms with Crippen molar-refractivity contribution in [3.8, 4) is 28.1 Å². The summed E-state index contributed by atoms with van der Waals surface area (Å²) in [5.74, 6) is 1.06. The van der Waals surface area contributed by atoms with Gasteiger partial charge in [0.25, 0.3) is 0 Å². The average molecular weight is 419 g/mol. The molecule has 2 fully saturated rings. The molecule has 0 radical (unpaired) electrons. The molecule has 7 heteroatoms. The van der Waals surface area contributed by atoms with Crippen molar-refractivity contribution in [2.75, 3.05) is 11.9 Å². The summed E-state index contributed by atoms with van der Waals surface area (Å²) < 4.78 is 0. The second kappa shape index (κ2) is 7.05. The number of hydrogen-bond acceptors (Lipinski definition) is 6. The summed E-state index contributed by atoms with van der Waals surface area (Å²) in [5.41, 5.74) is 4.71. The van der Waals surface area contributed by atoms with E-state index in [1.165, 1.54) is 12.8 Å². The van der Waals surface area contributed by atoms with Crippen LogP contribution in [0.5, 0.6) is 5.75 Å². The third-order valence-electron chi connectivity index (χ3n) is 7.19. The number of benzene rings is 1. The smallest absolute Gasteiger partial charge is 0.151 e. The van der Waals surface area contributed by atoms with Gasteiger partial charge in [-0.05, 0) is 81.8 Å². The lowest BCUT2D eigenvalue weighted by molar-refractivity contribution is 0.207. The number of aromatic hydroxyl groups is 1. The van der Waals surface area contributed by atoms with Crippen LogP contribution >= 0.6 is 0 Å². The summed E-state index contributed by atoms with van der Waals surface area (Å²) in [6, 6.07) is 8.11. The van der Waals surface area contributed by atoms with Gasteiger partial charge in [0.15, 0.2) is 5.82 Å². The first-order valence-electron chi connectivity index (χ1n) is 10.9. The normalized spacial score (nSPS) is 27.4. The van der Waals surface area contributed by atoms with E-state index >= 15 is 0 Å². The van der Waals surface area contributed by atoms with E-state index in [1.54, 1.807) is 12.3 Å². The fraction of sp³-hybridized carbons (Fsp3) is 0.458. The van der Waals surface area contributed by atoms with Gasteiger partial charge in [-0.25, -0.2) is 0 Å². The van der Waals surface area contributed by atoms with Crippen molar-refractivity contribution in [1.29, 1.82) is 0 Å². The quantitative estimate of drug-likeness (QED) is 0.592. The fourth-order valence-corrected chi connectivity index (χ4v) is 5.55. The minimum Gasteiger partial charge on any atom is -0.507 e. The summed E-state index contributed by atoms with van der Waals surface area (Å²) in [5, 5.41) is 30.3. The molecule has 162 valence electrons. The number of anilines is 1. The Morgan fingerprint density at radius 1 is 1.06 bits per heavy atom. The number of phenols is 1. The predicted molar refractivity (Wildman–Crippen MR) is 122 cm³/mol. The number of aromatic amines is 1. The maximum absolute atomic E-state index is 10.7. The molecule has 7 nitrogen and oxygen atoms in total. The Morgan fingerprint density at radius 2 is 1.81 bits per heavy atom. The standard InChI is InChI=1S/C24H30N6O/c1-15-9-19(21(31)10-18(15)16-13-25-26-14-16)20-5-6-22(28-27-20)30(4)17-11-23(2)7-8-24(3,12-17)29-23/h5-6,9-10,13-14,17,29,31H,7-8,11-12H2,1-4H3,(H,25,26)/t17?,23-,24?/m1/s1. The van der Waals surface area contributed by atoms with Gasteiger partial charge >= 0.3 is 0 Å². The molecule has 2 aromatic heterocycles. The van der Waals surface area contributed by atoms with E-state index in [2.05, 4.69) is 51.5 Å². The molecule has 0 spiro atoms. The van der Waals surface area contributed by atoms with Gasteiger partial charge < -0.3 is 15.3 Å².